The predicted molar refractivity (Wildman–Crippen MR) is 90.4 cm³/mol. The lowest BCUT2D eigenvalue weighted by molar-refractivity contribution is -0.123. The summed E-state index contributed by atoms with van der Waals surface area (Å²) < 4.78 is 10.5. The van der Waals surface area contributed by atoms with Crippen LogP contribution in [0.1, 0.15) is 11.1 Å². The fourth-order valence-electron chi connectivity index (χ4n) is 1.90. The molecule has 2 aromatic rings. The predicted octanol–water partition coefficient (Wildman–Crippen LogP) is 3.19. The molecule has 0 saturated heterocycles. The summed E-state index contributed by atoms with van der Waals surface area (Å²) in [6.07, 6.45) is 1.56. The number of para-hydroxylation sites is 1. The van der Waals surface area contributed by atoms with Crippen molar-refractivity contribution in [3.8, 4) is 11.5 Å². The molecule has 1 amide bonds. The highest BCUT2D eigenvalue weighted by atomic mass is 35.5. The first-order valence-corrected chi connectivity index (χ1v) is 7.32. The quantitative estimate of drug-likeness (QED) is 0.653. The molecule has 0 unspecified atom stereocenters. The highest BCUT2D eigenvalue weighted by molar-refractivity contribution is 6.32. The average molecular weight is 333 g/mol. The molecule has 0 aliphatic heterocycles. The van der Waals surface area contributed by atoms with Crippen molar-refractivity contribution in [2.75, 3.05) is 13.7 Å². The number of hydrazone groups is 1. The number of ether oxygens (including phenoxy) is 2. The summed E-state index contributed by atoms with van der Waals surface area (Å²) in [4.78, 5) is 11.7. The van der Waals surface area contributed by atoms with E-state index in [1.807, 2.05) is 25.1 Å². The van der Waals surface area contributed by atoms with E-state index >= 15 is 0 Å². The third-order valence-corrected chi connectivity index (χ3v) is 3.33. The van der Waals surface area contributed by atoms with E-state index in [0.29, 0.717) is 10.8 Å². The van der Waals surface area contributed by atoms with Gasteiger partial charge in [-0.3, -0.25) is 4.79 Å². The second-order valence-electron chi connectivity index (χ2n) is 4.74. The van der Waals surface area contributed by atoms with Gasteiger partial charge in [-0.2, -0.15) is 5.10 Å². The van der Waals surface area contributed by atoms with Crippen molar-refractivity contribution >= 4 is 23.7 Å². The number of carbonyl (C=O) groups excluding carboxylic acids is 1. The Morgan fingerprint density at radius 2 is 2.04 bits per heavy atom. The Balaban J connectivity index is 1.84. The van der Waals surface area contributed by atoms with Crippen LogP contribution in [0.5, 0.6) is 11.5 Å². The van der Waals surface area contributed by atoms with E-state index < -0.39 is 0 Å². The molecule has 2 rings (SSSR count). The summed E-state index contributed by atoms with van der Waals surface area (Å²) in [6.45, 7) is 1.77. The zero-order valence-corrected chi connectivity index (χ0v) is 13.6. The molecule has 0 aliphatic carbocycles. The zero-order valence-electron chi connectivity index (χ0n) is 12.9. The molecular weight excluding hydrogens is 316 g/mol. The van der Waals surface area contributed by atoms with Gasteiger partial charge in [0.05, 0.1) is 18.3 Å². The molecule has 2 aromatic carbocycles. The Morgan fingerprint density at radius 1 is 1.26 bits per heavy atom. The number of benzene rings is 2. The molecule has 6 heteroatoms. The minimum Gasteiger partial charge on any atom is -0.496 e. The largest absolute Gasteiger partial charge is 0.496 e. The van der Waals surface area contributed by atoms with Crippen LogP contribution in [0, 0.1) is 6.92 Å². The van der Waals surface area contributed by atoms with Gasteiger partial charge in [0, 0.05) is 0 Å². The number of methoxy groups -OCH3 is 1. The number of carbonyl (C=O) groups is 1. The molecule has 0 radical (unpaired) electrons. The summed E-state index contributed by atoms with van der Waals surface area (Å²) in [5.74, 6) is 0.893. The van der Waals surface area contributed by atoms with Gasteiger partial charge in [0.25, 0.3) is 5.91 Å². The van der Waals surface area contributed by atoms with Crippen LogP contribution in [0.3, 0.4) is 0 Å². The Kier molecular flexibility index (Phi) is 6.00. The number of aryl methyl sites for hydroxylation is 1. The van der Waals surface area contributed by atoms with E-state index in [1.54, 1.807) is 37.6 Å². The van der Waals surface area contributed by atoms with Crippen molar-refractivity contribution in [2.24, 2.45) is 5.10 Å². The molecule has 1 N–H and O–H groups in total. The lowest BCUT2D eigenvalue weighted by Crippen LogP contribution is -2.24. The number of rotatable bonds is 6. The number of amides is 1. The van der Waals surface area contributed by atoms with Crippen molar-refractivity contribution in [2.45, 2.75) is 6.92 Å². The maximum atomic E-state index is 11.7. The molecule has 0 bridgehead atoms. The Bertz CT molecular complexity index is 717. The molecular formula is C17H17ClN2O3. The van der Waals surface area contributed by atoms with Gasteiger partial charge in [0.2, 0.25) is 0 Å². The zero-order chi connectivity index (χ0) is 16.7. The number of halogens is 1. The van der Waals surface area contributed by atoms with Crippen LogP contribution < -0.4 is 14.9 Å². The third-order valence-electron chi connectivity index (χ3n) is 3.02. The van der Waals surface area contributed by atoms with Gasteiger partial charge in [-0.15, -0.1) is 0 Å². The lowest BCUT2D eigenvalue weighted by atomic mass is 10.1. The fourth-order valence-corrected chi connectivity index (χ4v) is 2.09. The summed E-state index contributed by atoms with van der Waals surface area (Å²) in [6, 6.07) is 12.6. The molecule has 0 aromatic heterocycles. The summed E-state index contributed by atoms with van der Waals surface area (Å²) >= 11 is 5.94. The third kappa shape index (κ3) is 5.00. The standard InChI is InChI=1S/C17H17ClN2O3/c1-12-9-13(7-8-15(12)22-2)10-19-20-17(21)11-23-16-6-4-3-5-14(16)18/h3-10H,11H2,1-2H3,(H,20,21). The molecule has 0 saturated carbocycles. The van der Waals surface area contributed by atoms with Crippen molar-refractivity contribution in [1.82, 2.24) is 5.43 Å². The monoisotopic (exact) mass is 332 g/mol. The van der Waals surface area contributed by atoms with E-state index in [2.05, 4.69) is 10.5 Å². The van der Waals surface area contributed by atoms with Gasteiger partial charge in [0.15, 0.2) is 6.61 Å². The van der Waals surface area contributed by atoms with E-state index in [-0.39, 0.29) is 12.5 Å². The van der Waals surface area contributed by atoms with Crippen LogP contribution in [0.4, 0.5) is 0 Å². The van der Waals surface area contributed by atoms with Crippen LogP contribution in [-0.4, -0.2) is 25.8 Å². The first-order chi connectivity index (χ1) is 11.1. The highest BCUT2D eigenvalue weighted by Gasteiger charge is 2.04. The second-order valence-corrected chi connectivity index (χ2v) is 5.15. The minimum absolute atomic E-state index is 0.164. The Morgan fingerprint density at radius 3 is 2.74 bits per heavy atom. The lowest BCUT2D eigenvalue weighted by Gasteiger charge is -2.06. The Hall–Kier alpha value is -2.53. The van der Waals surface area contributed by atoms with Gasteiger partial charge in [-0.1, -0.05) is 23.7 Å². The molecule has 0 atom stereocenters. The van der Waals surface area contributed by atoms with Crippen molar-refractivity contribution in [1.29, 1.82) is 0 Å². The number of hydrogen-bond donors (Lipinski definition) is 1. The molecule has 0 heterocycles. The topological polar surface area (TPSA) is 59.9 Å². The summed E-state index contributed by atoms with van der Waals surface area (Å²) in [5.41, 5.74) is 4.25. The summed E-state index contributed by atoms with van der Waals surface area (Å²) in [5, 5.41) is 4.35. The summed E-state index contributed by atoms with van der Waals surface area (Å²) in [7, 11) is 1.62. The maximum Gasteiger partial charge on any atom is 0.277 e. The van der Waals surface area contributed by atoms with Crippen molar-refractivity contribution in [3.05, 3.63) is 58.6 Å². The second kappa shape index (κ2) is 8.19. The molecule has 0 fully saturated rings. The van der Waals surface area contributed by atoms with Crippen LogP contribution in [0.15, 0.2) is 47.6 Å². The van der Waals surface area contributed by atoms with E-state index in [0.717, 1.165) is 16.9 Å². The van der Waals surface area contributed by atoms with Crippen molar-refractivity contribution < 1.29 is 14.3 Å². The first kappa shape index (κ1) is 16.8. The van der Waals surface area contributed by atoms with Crippen LogP contribution >= 0.6 is 11.6 Å². The molecule has 5 nitrogen and oxygen atoms in total. The van der Waals surface area contributed by atoms with E-state index in [9.17, 15) is 4.79 Å². The van der Waals surface area contributed by atoms with Gasteiger partial charge < -0.3 is 9.47 Å². The molecule has 0 spiro atoms. The van der Waals surface area contributed by atoms with E-state index in [4.69, 9.17) is 21.1 Å². The van der Waals surface area contributed by atoms with Gasteiger partial charge >= 0.3 is 0 Å². The molecule has 23 heavy (non-hydrogen) atoms. The average Bonchev–Trinajstić information content (AvgIpc) is 2.54. The van der Waals surface area contributed by atoms with Crippen molar-refractivity contribution in [3.63, 3.8) is 0 Å². The SMILES string of the molecule is COc1ccc(C=NNC(=O)COc2ccccc2Cl)cc1C. The smallest absolute Gasteiger partial charge is 0.277 e. The van der Waals surface area contributed by atoms with E-state index in [1.165, 1.54) is 0 Å². The van der Waals surface area contributed by atoms with Crippen LogP contribution in [0.2, 0.25) is 5.02 Å². The maximum absolute atomic E-state index is 11.7. The number of hydrogen-bond acceptors (Lipinski definition) is 4. The van der Waals surface area contributed by atoms with Crippen LogP contribution in [-0.2, 0) is 4.79 Å². The minimum atomic E-state index is -0.369. The van der Waals surface area contributed by atoms with Gasteiger partial charge in [-0.25, -0.2) is 5.43 Å². The molecule has 0 aliphatic rings. The number of nitrogens with zero attached hydrogens (tertiary/aromatic N) is 1. The normalized spacial score (nSPS) is 10.6. The fraction of sp³-hybridized carbons (Fsp3) is 0.176. The highest BCUT2D eigenvalue weighted by Crippen LogP contribution is 2.22. The molecule has 120 valence electrons. The van der Waals surface area contributed by atoms with Crippen LogP contribution in [0.25, 0.3) is 0 Å². The van der Waals surface area contributed by atoms with Gasteiger partial charge in [0.1, 0.15) is 11.5 Å². The first-order valence-electron chi connectivity index (χ1n) is 6.94. The number of nitrogens with one attached hydrogen (secondary N) is 1. The van der Waals surface area contributed by atoms with Gasteiger partial charge in [-0.05, 0) is 48.4 Å². The Labute approximate surface area is 139 Å².